The second-order valence-electron chi connectivity index (χ2n) is 7.09. The summed E-state index contributed by atoms with van der Waals surface area (Å²) in [6.45, 7) is 2.09. The second-order valence-corrected chi connectivity index (χ2v) is 7.45. The van der Waals surface area contributed by atoms with Crippen LogP contribution in [0, 0.1) is 0 Å². The predicted molar refractivity (Wildman–Crippen MR) is 114 cm³/mol. The maximum Gasteiger partial charge on any atom is 0.336 e. The van der Waals surface area contributed by atoms with Crippen molar-refractivity contribution >= 4 is 23.4 Å². The fourth-order valence-corrected chi connectivity index (χ4v) is 3.51. The fraction of sp³-hybridized carbons (Fsp3) is 0.261. The van der Waals surface area contributed by atoms with E-state index in [4.69, 9.17) is 11.6 Å². The molecule has 1 atom stereocenters. The van der Waals surface area contributed by atoms with E-state index >= 15 is 0 Å². The van der Waals surface area contributed by atoms with Gasteiger partial charge in [-0.05, 0) is 18.1 Å². The molecule has 1 unspecified atom stereocenters. The number of hydrogen-bond donors (Lipinski definition) is 3. The maximum atomic E-state index is 12.7. The van der Waals surface area contributed by atoms with Crippen LogP contribution < -0.4 is 0 Å². The molecule has 0 aliphatic rings. The third-order valence-corrected chi connectivity index (χ3v) is 5.17. The van der Waals surface area contributed by atoms with Gasteiger partial charge in [0.1, 0.15) is 11.9 Å². The van der Waals surface area contributed by atoms with Gasteiger partial charge in [0.2, 0.25) is 0 Å². The Bertz CT molecular complexity index is 1040. The molecule has 0 spiro atoms. The molecule has 0 radical (unpaired) electrons. The first-order valence-electron chi connectivity index (χ1n) is 9.79. The summed E-state index contributed by atoms with van der Waals surface area (Å²) >= 11 is 6.16. The lowest BCUT2D eigenvalue weighted by Gasteiger charge is -2.10. The number of aryl methyl sites for hydroxylation is 1. The van der Waals surface area contributed by atoms with E-state index in [1.165, 1.54) is 12.1 Å². The van der Waals surface area contributed by atoms with Crippen LogP contribution in [0.2, 0.25) is 5.15 Å². The van der Waals surface area contributed by atoms with Crippen LogP contribution in [0.3, 0.4) is 0 Å². The number of carboxylic acid groups (broad SMARTS) is 1. The van der Waals surface area contributed by atoms with Crippen LogP contribution >= 0.6 is 11.6 Å². The third-order valence-electron chi connectivity index (χ3n) is 4.88. The molecule has 3 rings (SSSR count). The number of benzene rings is 2. The summed E-state index contributed by atoms with van der Waals surface area (Å²) in [7, 11) is 0. The number of ketones is 1. The number of hydrogen-bond acceptors (Lipinski definition) is 4. The highest BCUT2D eigenvalue weighted by Gasteiger charge is 2.19. The molecule has 3 N–H and O–H groups in total. The van der Waals surface area contributed by atoms with Crippen LogP contribution in [0.1, 0.15) is 69.2 Å². The van der Waals surface area contributed by atoms with Crippen LogP contribution in [0.4, 0.5) is 0 Å². The normalized spacial score (nSPS) is 12.0. The summed E-state index contributed by atoms with van der Waals surface area (Å²) in [6, 6.07) is 12.9. The van der Waals surface area contributed by atoms with E-state index in [1.807, 2.05) is 0 Å². The predicted octanol–water partition coefficient (Wildman–Crippen LogP) is 4.61. The number of imidazole rings is 1. The summed E-state index contributed by atoms with van der Waals surface area (Å²) < 4.78 is 0. The van der Waals surface area contributed by atoms with Crippen LogP contribution in [0.15, 0.2) is 48.5 Å². The zero-order valence-corrected chi connectivity index (χ0v) is 17.3. The van der Waals surface area contributed by atoms with Crippen molar-refractivity contribution in [3.63, 3.8) is 0 Å². The van der Waals surface area contributed by atoms with Gasteiger partial charge < -0.3 is 15.2 Å². The van der Waals surface area contributed by atoms with Gasteiger partial charge in [0.25, 0.3) is 0 Å². The summed E-state index contributed by atoms with van der Waals surface area (Å²) in [5.74, 6) is -0.750. The van der Waals surface area contributed by atoms with E-state index < -0.39 is 12.1 Å². The topological polar surface area (TPSA) is 103 Å². The van der Waals surface area contributed by atoms with Crippen LogP contribution in [0.25, 0.3) is 0 Å². The van der Waals surface area contributed by atoms with Gasteiger partial charge in [0.15, 0.2) is 10.9 Å². The van der Waals surface area contributed by atoms with Crippen molar-refractivity contribution in [3.8, 4) is 0 Å². The minimum Gasteiger partial charge on any atom is -0.478 e. The van der Waals surface area contributed by atoms with Gasteiger partial charge in [-0.25, -0.2) is 9.78 Å². The van der Waals surface area contributed by atoms with Crippen molar-refractivity contribution in [2.24, 2.45) is 0 Å². The first kappa shape index (κ1) is 21.7. The Morgan fingerprint density at radius 3 is 2.40 bits per heavy atom. The number of rotatable bonds is 9. The molecule has 1 heterocycles. The first-order chi connectivity index (χ1) is 14.4. The Morgan fingerprint density at radius 2 is 1.77 bits per heavy atom. The van der Waals surface area contributed by atoms with Crippen LogP contribution in [0.5, 0.6) is 0 Å². The standard InChI is InChI=1S/C23H23ClN2O4/c1-2-3-8-19-25-20(22(24)26-19)18(27)13-14-9-11-15(12-10-14)21(28)16-6-4-5-7-17(16)23(29)30/h4-7,9-12,18,27H,2-3,8,13H2,1H3,(H,25,26)(H,29,30). The number of carboxylic acids is 1. The van der Waals surface area contributed by atoms with Crippen molar-refractivity contribution < 1.29 is 19.8 Å². The smallest absolute Gasteiger partial charge is 0.336 e. The number of aliphatic hydroxyl groups is 1. The lowest BCUT2D eigenvalue weighted by Crippen LogP contribution is -2.09. The molecule has 0 fully saturated rings. The molecule has 2 aromatic carbocycles. The van der Waals surface area contributed by atoms with Crippen molar-refractivity contribution in [2.45, 2.75) is 38.7 Å². The number of aliphatic hydroxyl groups excluding tert-OH is 1. The lowest BCUT2D eigenvalue weighted by atomic mass is 9.96. The molecular weight excluding hydrogens is 404 g/mol. The van der Waals surface area contributed by atoms with Crippen molar-refractivity contribution in [1.82, 2.24) is 9.97 Å². The monoisotopic (exact) mass is 426 g/mol. The number of carbonyl (C=O) groups is 2. The van der Waals surface area contributed by atoms with E-state index in [1.54, 1.807) is 36.4 Å². The second kappa shape index (κ2) is 9.69. The average molecular weight is 427 g/mol. The van der Waals surface area contributed by atoms with E-state index in [9.17, 15) is 19.8 Å². The van der Waals surface area contributed by atoms with Crippen LogP contribution in [-0.4, -0.2) is 31.9 Å². The van der Waals surface area contributed by atoms with E-state index in [0.29, 0.717) is 17.7 Å². The minimum atomic E-state index is -1.14. The van der Waals surface area contributed by atoms with Crippen molar-refractivity contribution in [3.05, 3.63) is 87.5 Å². The average Bonchev–Trinajstić information content (AvgIpc) is 3.12. The van der Waals surface area contributed by atoms with Gasteiger partial charge in [-0.15, -0.1) is 0 Å². The van der Waals surface area contributed by atoms with Crippen molar-refractivity contribution in [1.29, 1.82) is 0 Å². The molecule has 3 aromatic rings. The molecule has 0 aliphatic heterocycles. The molecule has 0 saturated carbocycles. The molecule has 1 aromatic heterocycles. The maximum absolute atomic E-state index is 12.7. The van der Waals surface area contributed by atoms with Gasteiger partial charge in [0, 0.05) is 24.0 Å². The van der Waals surface area contributed by atoms with Gasteiger partial charge in [-0.2, -0.15) is 0 Å². The zero-order valence-electron chi connectivity index (χ0n) is 16.6. The Balaban J connectivity index is 1.73. The Kier molecular flexibility index (Phi) is 7.03. The minimum absolute atomic E-state index is 0.0326. The summed E-state index contributed by atoms with van der Waals surface area (Å²) in [6.07, 6.45) is 2.25. The largest absolute Gasteiger partial charge is 0.478 e. The molecule has 0 saturated heterocycles. The third kappa shape index (κ3) is 4.96. The van der Waals surface area contributed by atoms with E-state index in [2.05, 4.69) is 16.9 Å². The molecule has 0 aliphatic carbocycles. The number of halogens is 1. The highest BCUT2D eigenvalue weighted by molar-refractivity contribution is 6.30. The van der Waals surface area contributed by atoms with Crippen molar-refractivity contribution in [2.75, 3.05) is 0 Å². The summed E-state index contributed by atoms with van der Waals surface area (Å²) in [5.41, 5.74) is 1.78. The molecule has 0 bridgehead atoms. The number of aromatic amines is 1. The number of H-pyrrole nitrogens is 1. The van der Waals surface area contributed by atoms with Crippen LogP contribution in [-0.2, 0) is 12.8 Å². The SMILES string of the molecule is CCCCc1nc(Cl)c(C(O)Cc2ccc(C(=O)c3ccccc3C(=O)O)cc2)[nH]1. The Labute approximate surface area is 179 Å². The van der Waals surface area contributed by atoms with Gasteiger partial charge in [0.05, 0.1) is 11.3 Å². The number of unbranched alkanes of at least 4 members (excludes halogenated alkanes) is 1. The Morgan fingerprint density at radius 1 is 1.10 bits per heavy atom. The van der Waals surface area contributed by atoms with E-state index in [-0.39, 0.29) is 22.1 Å². The first-order valence-corrected chi connectivity index (χ1v) is 10.2. The molecule has 0 amide bonds. The molecular formula is C23H23ClN2O4. The molecule has 6 nitrogen and oxygen atoms in total. The highest BCUT2D eigenvalue weighted by Crippen LogP contribution is 2.25. The molecule has 156 valence electrons. The van der Waals surface area contributed by atoms with E-state index in [0.717, 1.165) is 30.7 Å². The highest BCUT2D eigenvalue weighted by atomic mass is 35.5. The summed E-state index contributed by atoms with van der Waals surface area (Å²) in [5, 5.41) is 20.1. The quantitative estimate of drug-likeness (QED) is 0.433. The van der Waals surface area contributed by atoms with Gasteiger partial charge in [-0.1, -0.05) is 67.4 Å². The zero-order chi connectivity index (χ0) is 21.7. The Hall–Kier alpha value is -2.96. The summed E-state index contributed by atoms with van der Waals surface area (Å²) in [4.78, 5) is 31.4. The fourth-order valence-electron chi connectivity index (χ4n) is 3.24. The van der Waals surface area contributed by atoms with Gasteiger partial charge in [-0.3, -0.25) is 4.79 Å². The molecule has 30 heavy (non-hydrogen) atoms. The number of carbonyl (C=O) groups excluding carboxylic acids is 1. The van der Waals surface area contributed by atoms with Gasteiger partial charge >= 0.3 is 5.97 Å². The number of nitrogens with one attached hydrogen (secondary N) is 1. The number of nitrogens with zero attached hydrogens (tertiary/aromatic N) is 1. The number of aromatic nitrogens is 2. The number of aromatic carboxylic acids is 1. The molecule has 7 heteroatoms. The lowest BCUT2D eigenvalue weighted by molar-refractivity contribution is 0.0692.